The number of carbonyl (C=O) groups is 1. The quantitative estimate of drug-likeness (QED) is 0.749. The second kappa shape index (κ2) is 7.76. The Bertz CT molecular complexity index is 881. The molecule has 0 bridgehead atoms. The Kier molecular flexibility index (Phi) is 5.43. The average molecular weight is 376 g/mol. The summed E-state index contributed by atoms with van der Waals surface area (Å²) in [5.74, 6) is 0.0364. The summed E-state index contributed by atoms with van der Waals surface area (Å²) in [6, 6.07) is 13.5. The standard InChI is InChI=1S/C18H20N2O5S/c21-12-10-19-18(22)13-25-15-5-7-16(8-6-15)26(23,24)20-11-9-14-3-1-2-4-17(14)20/h1-8,21H,9-13H2,(H,19,22). The first kappa shape index (κ1) is 18.2. The molecule has 2 aromatic rings. The van der Waals surface area contributed by atoms with Crippen LogP contribution in [0.3, 0.4) is 0 Å². The molecule has 2 N–H and O–H groups in total. The zero-order valence-electron chi connectivity index (χ0n) is 14.1. The van der Waals surface area contributed by atoms with Gasteiger partial charge >= 0.3 is 0 Å². The lowest BCUT2D eigenvalue weighted by molar-refractivity contribution is -0.123. The van der Waals surface area contributed by atoms with Crippen molar-refractivity contribution in [3.63, 3.8) is 0 Å². The molecule has 138 valence electrons. The first-order chi connectivity index (χ1) is 12.5. The molecule has 8 heteroatoms. The number of anilines is 1. The predicted octanol–water partition coefficient (Wildman–Crippen LogP) is 0.925. The molecule has 0 saturated heterocycles. The Morgan fingerprint density at radius 1 is 1.15 bits per heavy atom. The third-order valence-electron chi connectivity index (χ3n) is 4.06. The van der Waals surface area contributed by atoms with Gasteiger partial charge in [-0.3, -0.25) is 9.10 Å². The zero-order chi connectivity index (χ0) is 18.6. The van der Waals surface area contributed by atoms with E-state index in [2.05, 4.69) is 5.32 Å². The second-order valence-electron chi connectivity index (χ2n) is 5.79. The largest absolute Gasteiger partial charge is 0.484 e. The predicted molar refractivity (Wildman–Crippen MR) is 96.7 cm³/mol. The van der Waals surface area contributed by atoms with Crippen molar-refractivity contribution < 1.29 is 23.1 Å². The number of aliphatic hydroxyl groups is 1. The van der Waals surface area contributed by atoms with E-state index in [-0.39, 0.29) is 30.6 Å². The van der Waals surface area contributed by atoms with Crippen LogP contribution in [0, 0.1) is 0 Å². The minimum absolute atomic E-state index is 0.141. The van der Waals surface area contributed by atoms with Crippen LogP contribution in [0.15, 0.2) is 53.4 Å². The van der Waals surface area contributed by atoms with Crippen LogP contribution in [0.1, 0.15) is 5.56 Å². The van der Waals surface area contributed by atoms with Crippen LogP contribution in [0.5, 0.6) is 5.75 Å². The molecule has 2 aromatic carbocycles. The summed E-state index contributed by atoms with van der Waals surface area (Å²) < 4.78 is 32.5. The van der Waals surface area contributed by atoms with Gasteiger partial charge in [0, 0.05) is 13.1 Å². The SMILES string of the molecule is O=C(COc1ccc(S(=O)(=O)N2CCc3ccccc32)cc1)NCCO. The maximum Gasteiger partial charge on any atom is 0.264 e. The number of hydrogen-bond donors (Lipinski definition) is 2. The number of nitrogens with one attached hydrogen (secondary N) is 1. The number of amides is 1. The Hall–Kier alpha value is -2.58. The summed E-state index contributed by atoms with van der Waals surface area (Å²) in [7, 11) is -3.64. The number of hydrogen-bond acceptors (Lipinski definition) is 5. The Balaban J connectivity index is 1.69. The highest BCUT2D eigenvalue weighted by atomic mass is 32.2. The summed E-state index contributed by atoms with van der Waals surface area (Å²) >= 11 is 0. The fraction of sp³-hybridized carbons (Fsp3) is 0.278. The van der Waals surface area contributed by atoms with Gasteiger partial charge in [0.05, 0.1) is 17.2 Å². The molecule has 1 amide bonds. The van der Waals surface area contributed by atoms with Gasteiger partial charge in [-0.05, 0) is 42.3 Å². The third-order valence-corrected chi connectivity index (χ3v) is 5.89. The minimum Gasteiger partial charge on any atom is -0.484 e. The summed E-state index contributed by atoms with van der Waals surface area (Å²) in [6.45, 7) is 0.241. The first-order valence-electron chi connectivity index (χ1n) is 8.23. The van der Waals surface area contributed by atoms with Crippen molar-refractivity contribution in [2.75, 3.05) is 30.6 Å². The molecule has 0 saturated carbocycles. The monoisotopic (exact) mass is 376 g/mol. The number of fused-ring (bicyclic) bond motifs is 1. The molecular weight excluding hydrogens is 356 g/mol. The third kappa shape index (κ3) is 3.81. The lowest BCUT2D eigenvalue weighted by Gasteiger charge is -2.19. The Morgan fingerprint density at radius 3 is 2.62 bits per heavy atom. The van der Waals surface area contributed by atoms with Crippen LogP contribution in [0.25, 0.3) is 0 Å². The number of benzene rings is 2. The molecule has 1 aliphatic rings. The van der Waals surface area contributed by atoms with E-state index in [1.165, 1.54) is 28.6 Å². The highest BCUT2D eigenvalue weighted by Gasteiger charge is 2.30. The van der Waals surface area contributed by atoms with E-state index in [0.717, 1.165) is 5.56 Å². The van der Waals surface area contributed by atoms with Crippen molar-refractivity contribution >= 4 is 21.6 Å². The highest BCUT2D eigenvalue weighted by Crippen LogP contribution is 2.32. The molecular formula is C18H20N2O5S. The molecule has 0 aliphatic carbocycles. The first-order valence-corrected chi connectivity index (χ1v) is 9.67. The van der Waals surface area contributed by atoms with Crippen molar-refractivity contribution in [1.29, 1.82) is 0 Å². The summed E-state index contributed by atoms with van der Waals surface area (Å²) in [5.41, 5.74) is 1.73. The number of aliphatic hydroxyl groups excluding tert-OH is 1. The van der Waals surface area contributed by atoms with Crippen molar-refractivity contribution in [2.24, 2.45) is 0 Å². The summed E-state index contributed by atoms with van der Waals surface area (Å²) in [4.78, 5) is 11.6. The van der Waals surface area contributed by atoms with Crippen molar-refractivity contribution in [3.05, 3.63) is 54.1 Å². The van der Waals surface area contributed by atoms with E-state index in [9.17, 15) is 13.2 Å². The van der Waals surface area contributed by atoms with E-state index in [1.807, 2.05) is 24.3 Å². The van der Waals surface area contributed by atoms with Gasteiger partial charge in [-0.2, -0.15) is 0 Å². The molecule has 7 nitrogen and oxygen atoms in total. The zero-order valence-corrected chi connectivity index (χ0v) is 14.9. The molecule has 1 heterocycles. The second-order valence-corrected chi connectivity index (χ2v) is 7.65. The van der Waals surface area contributed by atoms with Gasteiger partial charge in [-0.1, -0.05) is 18.2 Å². The topological polar surface area (TPSA) is 95.9 Å². The van der Waals surface area contributed by atoms with Gasteiger partial charge < -0.3 is 15.2 Å². The molecule has 0 unspecified atom stereocenters. The van der Waals surface area contributed by atoms with Gasteiger partial charge in [0.2, 0.25) is 0 Å². The molecule has 3 rings (SSSR count). The molecule has 0 fully saturated rings. The smallest absolute Gasteiger partial charge is 0.264 e. The van der Waals surface area contributed by atoms with Gasteiger partial charge in [-0.25, -0.2) is 8.42 Å². The van der Waals surface area contributed by atoms with Crippen molar-refractivity contribution in [1.82, 2.24) is 5.32 Å². The molecule has 0 spiro atoms. The minimum atomic E-state index is -3.64. The van der Waals surface area contributed by atoms with Crippen LogP contribution in [-0.2, 0) is 21.2 Å². The van der Waals surface area contributed by atoms with Crippen molar-refractivity contribution in [2.45, 2.75) is 11.3 Å². The van der Waals surface area contributed by atoms with Gasteiger partial charge in [0.1, 0.15) is 5.75 Å². The average Bonchev–Trinajstić information content (AvgIpc) is 3.10. The Labute approximate surface area is 152 Å². The Morgan fingerprint density at radius 2 is 1.88 bits per heavy atom. The van der Waals surface area contributed by atoms with Crippen LogP contribution in [-0.4, -0.2) is 45.7 Å². The maximum atomic E-state index is 12.9. The van der Waals surface area contributed by atoms with E-state index in [0.29, 0.717) is 24.4 Å². The van der Waals surface area contributed by atoms with Crippen LogP contribution >= 0.6 is 0 Å². The highest BCUT2D eigenvalue weighted by molar-refractivity contribution is 7.92. The van der Waals surface area contributed by atoms with E-state index in [1.54, 1.807) is 0 Å². The number of sulfonamides is 1. The normalized spacial score (nSPS) is 13.3. The summed E-state index contributed by atoms with van der Waals surface area (Å²) in [6.07, 6.45) is 0.694. The van der Waals surface area contributed by atoms with Crippen LogP contribution < -0.4 is 14.4 Å². The van der Waals surface area contributed by atoms with Gasteiger partial charge in [-0.15, -0.1) is 0 Å². The number of carbonyl (C=O) groups excluding carboxylic acids is 1. The van der Waals surface area contributed by atoms with Crippen LogP contribution in [0.4, 0.5) is 5.69 Å². The van der Waals surface area contributed by atoms with E-state index >= 15 is 0 Å². The van der Waals surface area contributed by atoms with Gasteiger partial charge in [0.25, 0.3) is 15.9 Å². The summed E-state index contributed by atoms with van der Waals surface area (Å²) in [5, 5.41) is 11.1. The number of ether oxygens (including phenoxy) is 1. The molecule has 0 atom stereocenters. The number of para-hydroxylation sites is 1. The van der Waals surface area contributed by atoms with Crippen molar-refractivity contribution in [3.8, 4) is 5.75 Å². The van der Waals surface area contributed by atoms with Gasteiger partial charge in [0.15, 0.2) is 6.61 Å². The molecule has 0 radical (unpaired) electrons. The lowest BCUT2D eigenvalue weighted by atomic mass is 10.2. The number of nitrogens with zero attached hydrogens (tertiary/aromatic N) is 1. The fourth-order valence-corrected chi connectivity index (χ4v) is 4.29. The molecule has 1 aliphatic heterocycles. The fourth-order valence-electron chi connectivity index (χ4n) is 2.79. The van der Waals surface area contributed by atoms with E-state index < -0.39 is 10.0 Å². The molecule has 26 heavy (non-hydrogen) atoms. The van der Waals surface area contributed by atoms with Crippen LogP contribution in [0.2, 0.25) is 0 Å². The van der Waals surface area contributed by atoms with E-state index in [4.69, 9.17) is 9.84 Å². The lowest BCUT2D eigenvalue weighted by Crippen LogP contribution is -2.31. The maximum absolute atomic E-state index is 12.9. The molecule has 0 aromatic heterocycles. The number of rotatable bonds is 7.